The van der Waals surface area contributed by atoms with Gasteiger partial charge in [0.1, 0.15) is 0 Å². The van der Waals surface area contributed by atoms with Crippen LogP contribution >= 0.6 is 0 Å². The first-order chi connectivity index (χ1) is 7.86. The Bertz CT molecular complexity index is 278. The van der Waals surface area contributed by atoms with Crippen LogP contribution < -0.4 is 5.32 Å². The van der Waals surface area contributed by atoms with E-state index in [0.29, 0.717) is 0 Å². The molecule has 16 heavy (non-hydrogen) atoms. The first-order valence-electron chi connectivity index (χ1n) is 6.32. The highest BCUT2D eigenvalue weighted by Crippen LogP contribution is 2.19. The fourth-order valence-electron chi connectivity index (χ4n) is 2.27. The lowest BCUT2D eigenvalue weighted by Crippen LogP contribution is -2.28. The molecule has 0 spiro atoms. The Hall–Kier alpha value is -0.800. The zero-order valence-electron chi connectivity index (χ0n) is 10.0. The minimum Gasteiger partial charge on any atom is -0.372 e. The van der Waals surface area contributed by atoms with E-state index in [1.54, 1.807) is 0 Å². The Morgan fingerprint density at radius 3 is 2.94 bits per heavy atom. The van der Waals surface area contributed by atoms with Gasteiger partial charge in [0.2, 0.25) is 0 Å². The first-order valence-corrected chi connectivity index (χ1v) is 6.32. The summed E-state index contributed by atoms with van der Waals surface area (Å²) in [6.07, 6.45) is 5.95. The summed E-state index contributed by atoms with van der Waals surface area (Å²) in [7, 11) is 0. The zero-order valence-corrected chi connectivity index (χ0v) is 10.0. The van der Waals surface area contributed by atoms with Crippen molar-refractivity contribution in [2.75, 3.05) is 19.7 Å². The summed E-state index contributed by atoms with van der Waals surface area (Å²) in [5.41, 5.74) is 1.17. The molecule has 1 atom stereocenters. The summed E-state index contributed by atoms with van der Waals surface area (Å²) in [6, 6.07) is 4.09. The summed E-state index contributed by atoms with van der Waals surface area (Å²) in [6.45, 7) is 5.34. The normalized spacial score (nSPS) is 19.8. The third-order valence-electron chi connectivity index (χ3n) is 3.41. The van der Waals surface area contributed by atoms with Crippen LogP contribution in [0.25, 0.3) is 0 Å². The quantitative estimate of drug-likeness (QED) is 0.803. The molecule has 0 aromatic carbocycles. The van der Waals surface area contributed by atoms with E-state index >= 15 is 0 Å². The summed E-state index contributed by atoms with van der Waals surface area (Å²) >= 11 is 0. The number of piperidine rings is 1. The van der Waals surface area contributed by atoms with Crippen LogP contribution in [0, 0.1) is 5.92 Å². The standard InChI is InChI=1S/C13H22N2O/c1-11(13-3-2-7-15-13)16-10-6-12-4-8-14-9-5-12/h2-3,7,11-12,14-15H,4-6,8-10H2,1H3. The molecular weight excluding hydrogens is 200 g/mol. The monoisotopic (exact) mass is 222 g/mol. The van der Waals surface area contributed by atoms with Gasteiger partial charge < -0.3 is 15.0 Å². The molecule has 0 bridgehead atoms. The van der Waals surface area contributed by atoms with Gasteiger partial charge in [-0.15, -0.1) is 0 Å². The van der Waals surface area contributed by atoms with Crippen molar-refractivity contribution in [3.63, 3.8) is 0 Å². The van der Waals surface area contributed by atoms with E-state index in [4.69, 9.17) is 4.74 Å². The van der Waals surface area contributed by atoms with Gasteiger partial charge in [-0.3, -0.25) is 0 Å². The van der Waals surface area contributed by atoms with Crippen LogP contribution in [0.15, 0.2) is 18.3 Å². The second kappa shape index (κ2) is 6.06. The van der Waals surface area contributed by atoms with Crippen molar-refractivity contribution in [1.82, 2.24) is 10.3 Å². The topological polar surface area (TPSA) is 37.0 Å². The van der Waals surface area contributed by atoms with Gasteiger partial charge in [-0.2, -0.15) is 0 Å². The first kappa shape index (κ1) is 11.7. The van der Waals surface area contributed by atoms with E-state index in [9.17, 15) is 0 Å². The average Bonchev–Trinajstić information content (AvgIpc) is 2.84. The number of ether oxygens (including phenoxy) is 1. The SMILES string of the molecule is CC(OCCC1CCNCC1)c1ccc[nH]1. The van der Waals surface area contributed by atoms with Crippen molar-refractivity contribution in [2.24, 2.45) is 5.92 Å². The third-order valence-corrected chi connectivity index (χ3v) is 3.41. The van der Waals surface area contributed by atoms with Crippen molar-refractivity contribution < 1.29 is 4.74 Å². The van der Waals surface area contributed by atoms with Crippen LogP contribution in [0.3, 0.4) is 0 Å². The molecule has 2 heterocycles. The Kier molecular flexibility index (Phi) is 4.43. The molecule has 1 aromatic heterocycles. The van der Waals surface area contributed by atoms with Gasteiger partial charge in [0, 0.05) is 18.5 Å². The lowest BCUT2D eigenvalue weighted by Gasteiger charge is -2.23. The molecule has 0 radical (unpaired) electrons. The maximum atomic E-state index is 5.84. The molecule has 3 nitrogen and oxygen atoms in total. The van der Waals surface area contributed by atoms with E-state index in [0.717, 1.165) is 12.5 Å². The number of hydrogen-bond donors (Lipinski definition) is 2. The van der Waals surface area contributed by atoms with Crippen molar-refractivity contribution in [1.29, 1.82) is 0 Å². The second-order valence-corrected chi connectivity index (χ2v) is 4.62. The van der Waals surface area contributed by atoms with Crippen LogP contribution in [0.1, 0.15) is 38.0 Å². The lowest BCUT2D eigenvalue weighted by atomic mass is 9.95. The fraction of sp³-hybridized carbons (Fsp3) is 0.692. The molecule has 0 aliphatic carbocycles. The number of hydrogen-bond acceptors (Lipinski definition) is 2. The predicted octanol–water partition coefficient (Wildman–Crippen LogP) is 2.48. The molecule has 2 N–H and O–H groups in total. The van der Waals surface area contributed by atoms with E-state index < -0.39 is 0 Å². The van der Waals surface area contributed by atoms with Crippen molar-refractivity contribution in [3.8, 4) is 0 Å². The second-order valence-electron chi connectivity index (χ2n) is 4.62. The van der Waals surface area contributed by atoms with E-state index in [1.165, 1.54) is 38.0 Å². The Morgan fingerprint density at radius 1 is 1.44 bits per heavy atom. The van der Waals surface area contributed by atoms with Gasteiger partial charge in [0.05, 0.1) is 6.10 Å². The van der Waals surface area contributed by atoms with Crippen LogP contribution in [-0.2, 0) is 4.74 Å². The molecule has 90 valence electrons. The highest BCUT2D eigenvalue weighted by atomic mass is 16.5. The van der Waals surface area contributed by atoms with E-state index in [2.05, 4.69) is 23.3 Å². The minimum absolute atomic E-state index is 0.191. The van der Waals surface area contributed by atoms with Crippen LogP contribution in [0.5, 0.6) is 0 Å². The van der Waals surface area contributed by atoms with Crippen LogP contribution in [-0.4, -0.2) is 24.7 Å². The van der Waals surface area contributed by atoms with E-state index in [-0.39, 0.29) is 6.10 Å². The molecular formula is C13H22N2O. The summed E-state index contributed by atoms with van der Waals surface area (Å²) in [5, 5.41) is 3.39. The molecule has 1 fully saturated rings. The van der Waals surface area contributed by atoms with Gasteiger partial charge in [0.25, 0.3) is 0 Å². The van der Waals surface area contributed by atoms with Gasteiger partial charge >= 0.3 is 0 Å². The van der Waals surface area contributed by atoms with E-state index in [1.807, 2.05) is 12.3 Å². The minimum atomic E-state index is 0.191. The number of nitrogens with one attached hydrogen (secondary N) is 2. The van der Waals surface area contributed by atoms with Gasteiger partial charge in [-0.1, -0.05) is 0 Å². The van der Waals surface area contributed by atoms with Crippen molar-refractivity contribution in [2.45, 2.75) is 32.3 Å². The molecule has 1 aliphatic rings. The lowest BCUT2D eigenvalue weighted by molar-refractivity contribution is 0.0510. The maximum Gasteiger partial charge on any atom is 0.0944 e. The predicted molar refractivity (Wildman–Crippen MR) is 65.4 cm³/mol. The van der Waals surface area contributed by atoms with Crippen molar-refractivity contribution >= 4 is 0 Å². The molecule has 2 rings (SSSR count). The molecule has 1 saturated heterocycles. The number of H-pyrrole nitrogens is 1. The van der Waals surface area contributed by atoms with Gasteiger partial charge in [0.15, 0.2) is 0 Å². The molecule has 0 amide bonds. The highest BCUT2D eigenvalue weighted by molar-refractivity contribution is 5.06. The smallest absolute Gasteiger partial charge is 0.0944 e. The summed E-state index contributed by atoms with van der Waals surface area (Å²) in [4.78, 5) is 3.19. The summed E-state index contributed by atoms with van der Waals surface area (Å²) < 4.78 is 5.84. The van der Waals surface area contributed by atoms with Gasteiger partial charge in [-0.25, -0.2) is 0 Å². The zero-order chi connectivity index (χ0) is 11.2. The number of aromatic nitrogens is 1. The molecule has 3 heteroatoms. The number of rotatable bonds is 5. The highest BCUT2D eigenvalue weighted by Gasteiger charge is 2.13. The van der Waals surface area contributed by atoms with Gasteiger partial charge in [-0.05, 0) is 57.3 Å². The van der Waals surface area contributed by atoms with Crippen LogP contribution in [0.4, 0.5) is 0 Å². The largest absolute Gasteiger partial charge is 0.372 e. The van der Waals surface area contributed by atoms with Crippen molar-refractivity contribution in [3.05, 3.63) is 24.0 Å². The Balaban J connectivity index is 1.63. The maximum absolute atomic E-state index is 5.84. The molecule has 1 unspecified atom stereocenters. The molecule has 1 aromatic rings. The third kappa shape index (κ3) is 3.35. The molecule has 0 saturated carbocycles. The molecule has 1 aliphatic heterocycles. The Labute approximate surface area is 97.6 Å². The summed E-state index contributed by atoms with van der Waals surface area (Å²) in [5.74, 6) is 0.858. The average molecular weight is 222 g/mol. The number of aromatic amines is 1. The van der Waals surface area contributed by atoms with Crippen LogP contribution in [0.2, 0.25) is 0 Å². The fourth-order valence-corrected chi connectivity index (χ4v) is 2.27. The Morgan fingerprint density at radius 2 is 2.25 bits per heavy atom.